The number of carbonyl (C=O) groups excluding carboxylic acids is 1. The van der Waals surface area contributed by atoms with Gasteiger partial charge in [0.1, 0.15) is 0 Å². The van der Waals surface area contributed by atoms with Crippen molar-refractivity contribution in [1.29, 1.82) is 0 Å². The first-order valence-electron chi connectivity index (χ1n) is 4.85. The standard InChI is InChI=1S/C10H15INO/c1-2-11-7-8-6-10(4-3-5-10)12-9(8)13/h7H,2-6H2,1H3,(H,12,13)/q-1/b8-7+. The molecule has 1 N–H and O–H groups in total. The van der Waals surface area contributed by atoms with E-state index in [1.807, 2.05) is 0 Å². The zero-order valence-corrected chi connectivity index (χ0v) is 10.1. The van der Waals surface area contributed by atoms with Crippen LogP contribution in [0.5, 0.6) is 0 Å². The molecule has 0 radical (unpaired) electrons. The van der Waals surface area contributed by atoms with Gasteiger partial charge in [0, 0.05) is 0 Å². The van der Waals surface area contributed by atoms with Gasteiger partial charge in [0.05, 0.1) is 0 Å². The Hall–Kier alpha value is -0.0600. The van der Waals surface area contributed by atoms with Gasteiger partial charge in [-0.3, -0.25) is 0 Å². The van der Waals surface area contributed by atoms with E-state index in [0.717, 1.165) is 12.0 Å². The van der Waals surface area contributed by atoms with Crippen LogP contribution in [0.3, 0.4) is 0 Å². The summed E-state index contributed by atoms with van der Waals surface area (Å²) in [5, 5.41) is 3.14. The molecule has 2 rings (SSSR count). The fraction of sp³-hybridized carbons (Fsp3) is 0.700. The zero-order chi connectivity index (χ0) is 9.31. The Balaban J connectivity index is 2.03. The number of alkyl halides is 1. The maximum atomic E-state index is 11.5. The van der Waals surface area contributed by atoms with Crippen LogP contribution < -0.4 is 26.5 Å². The van der Waals surface area contributed by atoms with E-state index in [9.17, 15) is 4.79 Å². The fourth-order valence-electron chi connectivity index (χ4n) is 1.97. The molecule has 1 amide bonds. The van der Waals surface area contributed by atoms with Gasteiger partial charge in [-0.1, -0.05) is 0 Å². The molecule has 13 heavy (non-hydrogen) atoms. The number of hydrogen-bond acceptors (Lipinski definition) is 1. The second kappa shape index (κ2) is 3.59. The summed E-state index contributed by atoms with van der Waals surface area (Å²) in [5.74, 6) is 0.216. The molecule has 74 valence electrons. The predicted molar refractivity (Wildman–Crippen MR) is 48.0 cm³/mol. The van der Waals surface area contributed by atoms with Gasteiger partial charge in [0.2, 0.25) is 0 Å². The summed E-state index contributed by atoms with van der Waals surface area (Å²) >= 11 is 0.142. The Labute approximate surface area is 89.4 Å². The molecule has 0 aromatic rings. The molecule has 0 atom stereocenters. The van der Waals surface area contributed by atoms with E-state index in [0.29, 0.717) is 0 Å². The number of carbonyl (C=O) groups is 1. The molecule has 2 fully saturated rings. The molecular formula is C10H15INO-. The second-order valence-corrected chi connectivity index (χ2v) is 6.85. The molecule has 1 heterocycles. The Kier molecular flexibility index (Phi) is 2.62. The average Bonchev–Trinajstić information content (AvgIpc) is 2.39. The molecule has 3 heteroatoms. The van der Waals surface area contributed by atoms with Gasteiger partial charge in [0.15, 0.2) is 0 Å². The Morgan fingerprint density at radius 3 is 2.85 bits per heavy atom. The monoisotopic (exact) mass is 292 g/mol. The van der Waals surface area contributed by atoms with Crippen molar-refractivity contribution in [2.45, 2.75) is 38.1 Å². The van der Waals surface area contributed by atoms with E-state index in [-0.39, 0.29) is 32.7 Å². The van der Waals surface area contributed by atoms with Gasteiger partial charge in [-0.15, -0.1) is 0 Å². The Morgan fingerprint density at radius 2 is 2.38 bits per heavy atom. The van der Waals surface area contributed by atoms with E-state index in [1.165, 1.54) is 23.7 Å². The number of nitrogens with one attached hydrogen (secondary N) is 1. The Bertz CT molecular complexity index is 256. The van der Waals surface area contributed by atoms with Crippen LogP contribution in [0.15, 0.2) is 9.66 Å². The van der Waals surface area contributed by atoms with Crippen LogP contribution in [0.2, 0.25) is 0 Å². The quantitative estimate of drug-likeness (QED) is 0.372. The number of hydrogen-bond donors (Lipinski definition) is 1. The third-order valence-electron chi connectivity index (χ3n) is 2.87. The van der Waals surface area contributed by atoms with Crippen molar-refractivity contribution < 1.29 is 26.0 Å². The summed E-state index contributed by atoms with van der Waals surface area (Å²) in [6.45, 7) is 2.19. The molecular weight excluding hydrogens is 277 g/mol. The van der Waals surface area contributed by atoms with Crippen LogP contribution in [-0.4, -0.2) is 15.9 Å². The topological polar surface area (TPSA) is 29.1 Å². The summed E-state index contributed by atoms with van der Waals surface area (Å²) in [4.78, 5) is 11.5. The third kappa shape index (κ3) is 1.75. The molecule has 1 saturated heterocycles. The first-order valence-corrected chi connectivity index (χ1v) is 7.62. The van der Waals surface area contributed by atoms with E-state index in [4.69, 9.17) is 0 Å². The molecule has 0 unspecified atom stereocenters. The maximum absolute atomic E-state index is 11.5. The zero-order valence-electron chi connectivity index (χ0n) is 7.90. The minimum atomic E-state index is 0.142. The van der Waals surface area contributed by atoms with Crippen molar-refractivity contribution in [2.75, 3.05) is 4.43 Å². The van der Waals surface area contributed by atoms with Crippen molar-refractivity contribution in [3.05, 3.63) is 9.66 Å². The average molecular weight is 292 g/mol. The molecule has 1 saturated carbocycles. The number of amides is 1. The van der Waals surface area contributed by atoms with Crippen LogP contribution >= 0.6 is 0 Å². The van der Waals surface area contributed by atoms with Gasteiger partial charge in [-0.05, 0) is 0 Å². The van der Waals surface area contributed by atoms with E-state index in [1.54, 1.807) is 0 Å². The van der Waals surface area contributed by atoms with Gasteiger partial charge in [-0.25, -0.2) is 0 Å². The molecule has 1 aliphatic heterocycles. The van der Waals surface area contributed by atoms with Gasteiger partial charge >= 0.3 is 89.5 Å². The molecule has 0 bridgehead atoms. The molecule has 2 aliphatic rings. The van der Waals surface area contributed by atoms with Crippen molar-refractivity contribution in [2.24, 2.45) is 0 Å². The van der Waals surface area contributed by atoms with E-state index in [2.05, 4.69) is 16.3 Å². The molecule has 0 aromatic heterocycles. The number of halogens is 1. The van der Waals surface area contributed by atoms with Crippen molar-refractivity contribution in [3.63, 3.8) is 0 Å². The second-order valence-electron chi connectivity index (χ2n) is 3.82. The van der Waals surface area contributed by atoms with E-state index >= 15 is 0 Å². The van der Waals surface area contributed by atoms with Crippen LogP contribution in [0.25, 0.3) is 0 Å². The van der Waals surface area contributed by atoms with Crippen LogP contribution in [0, 0.1) is 0 Å². The first kappa shape index (κ1) is 9.49. The molecule has 0 aromatic carbocycles. The van der Waals surface area contributed by atoms with Gasteiger partial charge in [0.25, 0.3) is 0 Å². The SMILES string of the molecule is CC[I-]/C=C1\CC2(CCC2)NC1=O. The van der Waals surface area contributed by atoms with Crippen LogP contribution in [0.4, 0.5) is 0 Å². The minimum absolute atomic E-state index is 0.142. The summed E-state index contributed by atoms with van der Waals surface area (Å²) in [7, 11) is 0. The van der Waals surface area contributed by atoms with Crippen LogP contribution in [0.1, 0.15) is 32.6 Å². The van der Waals surface area contributed by atoms with Crippen LogP contribution in [-0.2, 0) is 4.79 Å². The summed E-state index contributed by atoms with van der Waals surface area (Å²) < 4.78 is 3.46. The van der Waals surface area contributed by atoms with Crippen molar-refractivity contribution in [3.8, 4) is 0 Å². The first-order chi connectivity index (χ1) is 6.26. The van der Waals surface area contributed by atoms with E-state index < -0.39 is 0 Å². The molecule has 2 nitrogen and oxygen atoms in total. The van der Waals surface area contributed by atoms with Crippen molar-refractivity contribution >= 4 is 5.91 Å². The summed E-state index contributed by atoms with van der Waals surface area (Å²) in [6.07, 6.45) is 4.68. The predicted octanol–water partition coefficient (Wildman–Crippen LogP) is -1.58. The number of rotatable bonds is 2. The fourth-order valence-corrected chi connectivity index (χ4v) is 3.45. The van der Waals surface area contributed by atoms with Gasteiger partial charge in [-0.2, -0.15) is 0 Å². The van der Waals surface area contributed by atoms with Crippen molar-refractivity contribution in [1.82, 2.24) is 5.32 Å². The molecule has 1 aliphatic carbocycles. The van der Waals surface area contributed by atoms with Gasteiger partial charge < -0.3 is 0 Å². The summed E-state index contributed by atoms with van der Waals surface area (Å²) in [5.41, 5.74) is 1.29. The Morgan fingerprint density at radius 1 is 1.62 bits per heavy atom. The normalized spacial score (nSPS) is 28.1. The molecule has 1 spiro atoms. The summed E-state index contributed by atoms with van der Waals surface area (Å²) in [6, 6.07) is 0. The third-order valence-corrected chi connectivity index (χ3v) is 4.95.